The van der Waals surface area contributed by atoms with E-state index >= 15 is 0 Å². The number of hydrogen-bond acceptors (Lipinski definition) is 3. The molecule has 1 aromatic rings. The number of nitrogens with zero attached hydrogens (tertiary/aromatic N) is 1. The van der Waals surface area contributed by atoms with Gasteiger partial charge >= 0.3 is 0 Å². The van der Waals surface area contributed by atoms with Crippen LogP contribution >= 0.6 is 15.9 Å². The number of hydrogen-bond donors (Lipinski definition) is 0. The third-order valence-electron chi connectivity index (χ3n) is 3.22. The van der Waals surface area contributed by atoms with Gasteiger partial charge in [-0.3, -0.25) is 0 Å². The summed E-state index contributed by atoms with van der Waals surface area (Å²) in [5, 5.41) is -0.161. The number of anilines is 1. The summed E-state index contributed by atoms with van der Waals surface area (Å²) in [4.78, 5) is 2.24. The fraction of sp³-hybridized carbons (Fsp3) is 0.500. The maximum Gasteiger partial charge on any atom is 0.150 e. The van der Waals surface area contributed by atoms with Crippen molar-refractivity contribution < 1.29 is 8.42 Å². The molecule has 1 heterocycles. The predicted molar refractivity (Wildman–Crippen MR) is 74.2 cm³/mol. The maximum absolute atomic E-state index is 11.5. The van der Waals surface area contributed by atoms with Crippen LogP contribution in [0.25, 0.3) is 0 Å². The van der Waals surface area contributed by atoms with E-state index in [9.17, 15) is 8.42 Å². The Morgan fingerprint density at radius 3 is 2.47 bits per heavy atom. The van der Waals surface area contributed by atoms with Gasteiger partial charge in [0, 0.05) is 29.5 Å². The maximum atomic E-state index is 11.5. The fourth-order valence-corrected chi connectivity index (χ4v) is 3.67. The Bertz CT molecular complexity index is 493. The molecule has 17 heavy (non-hydrogen) atoms. The van der Waals surface area contributed by atoms with Crippen LogP contribution in [0.1, 0.15) is 12.8 Å². The molecule has 1 aliphatic heterocycles. The molecule has 94 valence electrons. The molecule has 0 aliphatic carbocycles. The molecule has 1 aliphatic rings. The van der Waals surface area contributed by atoms with Crippen LogP contribution in [0.15, 0.2) is 28.7 Å². The first-order valence-corrected chi connectivity index (χ1v) is 8.41. The van der Waals surface area contributed by atoms with E-state index in [0.29, 0.717) is 0 Å². The summed E-state index contributed by atoms with van der Waals surface area (Å²) in [6.07, 6.45) is 2.79. The highest BCUT2D eigenvalue weighted by atomic mass is 79.9. The number of benzene rings is 1. The number of piperidine rings is 1. The minimum atomic E-state index is -2.88. The Hall–Kier alpha value is -0.550. The van der Waals surface area contributed by atoms with Crippen LogP contribution < -0.4 is 4.90 Å². The van der Waals surface area contributed by atoms with Crippen molar-refractivity contribution in [2.24, 2.45) is 0 Å². The highest BCUT2D eigenvalue weighted by Gasteiger charge is 2.26. The van der Waals surface area contributed by atoms with Gasteiger partial charge in [-0.15, -0.1) is 0 Å². The second-order valence-corrected chi connectivity index (χ2v) is 7.74. The van der Waals surface area contributed by atoms with Gasteiger partial charge in [-0.2, -0.15) is 0 Å². The van der Waals surface area contributed by atoms with E-state index in [4.69, 9.17) is 0 Å². The molecule has 1 fully saturated rings. The van der Waals surface area contributed by atoms with Crippen molar-refractivity contribution >= 4 is 31.5 Å². The number of sulfone groups is 1. The average molecular weight is 318 g/mol. The zero-order chi connectivity index (χ0) is 12.5. The molecular formula is C12H16BrNO2S. The molecule has 0 spiro atoms. The molecule has 5 heteroatoms. The van der Waals surface area contributed by atoms with Crippen LogP contribution in [0.2, 0.25) is 0 Å². The molecule has 0 atom stereocenters. The van der Waals surface area contributed by atoms with Crippen molar-refractivity contribution in [2.75, 3.05) is 24.2 Å². The van der Waals surface area contributed by atoms with Crippen molar-refractivity contribution in [1.82, 2.24) is 0 Å². The smallest absolute Gasteiger partial charge is 0.150 e. The quantitative estimate of drug-likeness (QED) is 0.841. The minimum Gasteiger partial charge on any atom is -0.371 e. The molecule has 0 saturated carbocycles. The Balaban J connectivity index is 2.05. The fourth-order valence-electron chi connectivity index (χ4n) is 2.21. The van der Waals surface area contributed by atoms with Crippen molar-refractivity contribution in [2.45, 2.75) is 18.1 Å². The molecular weight excluding hydrogens is 302 g/mol. The van der Waals surface area contributed by atoms with Crippen LogP contribution in [0.5, 0.6) is 0 Å². The lowest BCUT2D eigenvalue weighted by Gasteiger charge is -2.32. The molecule has 3 nitrogen and oxygen atoms in total. The van der Waals surface area contributed by atoms with Crippen molar-refractivity contribution in [3.63, 3.8) is 0 Å². The van der Waals surface area contributed by atoms with Gasteiger partial charge < -0.3 is 4.90 Å². The van der Waals surface area contributed by atoms with Crippen LogP contribution in [0.3, 0.4) is 0 Å². The summed E-state index contributed by atoms with van der Waals surface area (Å²) in [6, 6.07) is 8.13. The van der Waals surface area contributed by atoms with E-state index in [1.807, 2.05) is 12.1 Å². The molecule has 0 radical (unpaired) electrons. The molecule has 0 amide bonds. The number of rotatable bonds is 2. The lowest BCUT2D eigenvalue weighted by atomic mass is 10.1. The zero-order valence-electron chi connectivity index (χ0n) is 9.77. The van der Waals surface area contributed by atoms with Crippen LogP contribution in [-0.4, -0.2) is 33.0 Å². The summed E-state index contributed by atoms with van der Waals surface area (Å²) < 4.78 is 24.0. The Morgan fingerprint density at radius 2 is 1.94 bits per heavy atom. The Morgan fingerprint density at radius 1 is 1.29 bits per heavy atom. The van der Waals surface area contributed by atoms with Crippen LogP contribution in [0, 0.1) is 0 Å². The topological polar surface area (TPSA) is 37.4 Å². The lowest BCUT2D eigenvalue weighted by Crippen LogP contribution is -2.39. The lowest BCUT2D eigenvalue weighted by molar-refractivity contribution is 0.534. The zero-order valence-corrected chi connectivity index (χ0v) is 12.2. The van der Waals surface area contributed by atoms with E-state index in [2.05, 4.69) is 33.0 Å². The molecule has 0 bridgehead atoms. The van der Waals surface area contributed by atoms with E-state index in [0.717, 1.165) is 36.1 Å². The molecule has 0 aromatic heterocycles. The van der Waals surface area contributed by atoms with Gasteiger partial charge in [0.1, 0.15) is 9.84 Å². The van der Waals surface area contributed by atoms with Gasteiger partial charge in [0.2, 0.25) is 0 Å². The van der Waals surface area contributed by atoms with Gasteiger partial charge in [-0.05, 0) is 31.0 Å². The third-order valence-corrected chi connectivity index (χ3v) is 5.40. The summed E-state index contributed by atoms with van der Waals surface area (Å²) in [5.41, 5.74) is 1.16. The molecule has 0 unspecified atom stereocenters. The summed E-state index contributed by atoms with van der Waals surface area (Å²) in [7, 11) is -2.88. The first kappa shape index (κ1) is 12.9. The second-order valence-electron chi connectivity index (χ2n) is 4.50. The van der Waals surface area contributed by atoms with Gasteiger partial charge in [-0.1, -0.05) is 22.0 Å². The minimum absolute atomic E-state index is 0.161. The standard InChI is InChI=1S/C12H16BrNO2S/c1-17(15,16)12-5-7-14(8-6-12)11-4-2-3-10(13)9-11/h2-4,9,12H,5-8H2,1H3. The van der Waals surface area contributed by atoms with E-state index in [1.54, 1.807) is 0 Å². The first-order chi connectivity index (χ1) is 7.97. The summed E-state index contributed by atoms with van der Waals surface area (Å²) >= 11 is 3.45. The Kier molecular flexibility index (Phi) is 3.78. The summed E-state index contributed by atoms with van der Waals surface area (Å²) in [6.45, 7) is 1.63. The van der Waals surface area contributed by atoms with Crippen LogP contribution in [-0.2, 0) is 9.84 Å². The number of halogens is 1. The highest BCUT2D eigenvalue weighted by Crippen LogP contribution is 2.25. The largest absolute Gasteiger partial charge is 0.371 e. The SMILES string of the molecule is CS(=O)(=O)C1CCN(c2cccc(Br)c2)CC1. The molecule has 2 rings (SSSR count). The molecule has 1 saturated heterocycles. The van der Waals surface area contributed by atoms with E-state index in [-0.39, 0.29) is 5.25 Å². The van der Waals surface area contributed by atoms with Crippen molar-refractivity contribution in [3.05, 3.63) is 28.7 Å². The van der Waals surface area contributed by atoms with Gasteiger partial charge in [0.05, 0.1) is 5.25 Å². The van der Waals surface area contributed by atoms with Gasteiger partial charge in [-0.25, -0.2) is 8.42 Å². The van der Waals surface area contributed by atoms with Crippen molar-refractivity contribution in [3.8, 4) is 0 Å². The van der Waals surface area contributed by atoms with Crippen molar-refractivity contribution in [1.29, 1.82) is 0 Å². The van der Waals surface area contributed by atoms with Gasteiger partial charge in [0.15, 0.2) is 0 Å². The van der Waals surface area contributed by atoms with Gasteiger partial charge in [0.25, 0.3) is 0 Å². The third kappa shape index (κ3) is 3.22. The van der Waals surface area contributed by atoms with Crippen LogP contribution in [0.4, 0.5) is 5.69 Å². The Labute approximate surface area is 111 Å². The summed E-state index contributed by atoms with van der Waals surface area (Å²) in [5.74, 6) is 0. The highest BCUT2D eigenvalue weighted by molar-refractivity contribution is 9.10. The predicted octanol–water partition coefficient (Wildman–Crippen LogP) is 2.46. The van der Waals surface area contributed by atoms with E-state index in [1.165, 1.54) is 6.26 Å². The average Bonchev–Trinajstić information content (AvgIpc) is 2.28. The van der Waals surface area contributed by atoms with E-state index < -0.39 is 9.84 Å². The first-order valence-electron chi connectivity index (χ1n) is 5.66. The molecule has 1 aromatic carbocycles. The molecule has 0 N–H and O–H groups in total. The second kappa shape index (κ2) is 4.98. The monoisotopic (exact) mass is 317 g/mol. The normalized spacial score (nSPS) is 18.4.